The zero-order valence-corrected chi connectivity index (χ0v) is 16.0. The highest BCUT2D eigenvalue weighted by Crippen LogP contribution is 2.31. The van der Waals surface area contributed by atoms with Crippen molar-refractivity contribution in [3.8, 4) is 0 Å². The van der Waals surface area contributed by atoms with Crippen LogP contribution in [0.1, 0.15) is 41.7 Å². The summed E-state index contributed by atoms with van der Waals surface area (Å²) in [5, 5.41) is 15.2. The molecular weight excluding hydrogens is 360 g/mol. The summed E-state index contributed by atoms with van der Waals surface area (Å²) in [7, 11) is 0. The van der Waals surface area contributed by atoms with Crippen molar-refractivity contribution in [2.45, 2.75) is 44.8 Å². The number of hydrogen-bond donors (Lipinski definition) is 3. The number of halogens is 1. The summed E-state index contributed by atoms with van der Waals surface area (Å²) in [5.74, 6) is -0.153. The summed E-state index contributed by atoms with van der Waals surface area (Å²) < 4.78 is 0. The first-order valence-electron chi connectivity index (χ1n) is 9.32. The molecule has 3 N–H and O–H groups in total. The normalized spacial score (nSPS) is 23.7. The third kappa shape index (κ3) is 3.73. The van der Waals surface area contributed by atoms with Crippen molar-refractivity contribution in [3.05, 3.63) is 69.9 Å². The van der Waals surface area contributed by atoms with Crippen molar-refractivity contribution < 1.29 is 9.90 Å². The largest absolute Gasteiger partial charge is 0.388 e. The molecule has 4 nitrogen and oxygen atoms in total. The molecule has 0 saturated heterocycles. The number of amides is 1. The number of benzene rings is 1. The molecule has 2 aliphatic carbocycles. The van der Waals surface area contributed by atoms with Gasteiger partial charge in [-0.1, -0.05) is 41.5 Å². The maximum atomic E-state index is 12.8. The van der Waals surface area contributed by atoms with E-state index in [1.165, 1.54) is 5.57 Å². The third-order valence-corrected chi connectivity index (χ3v) is 5.56. The maximum absolute atomic E-state index is 12.8. The Morgan fingerprint density at radius 2 is 2.11 bits per heavy atom. The van der Waals surface area contributed by atoms with Crippen LogP contribution in [0.5, 0.6) is 0 Å². The Bertz CT molecular complexity index is 984. The second-order valence-electron chi connectivity index (χ2n) is 7.37. The Morgan fingerprint density at radius 3 is 2.96 bits per heavy atom. The Hall–Kier alpha value is -2.30. The fourth-order valence-electron chi connectivity index (χ4n) is 4.03. The summed E-state index contributed by atoms with van der Waals surface area (Å²) in [6.45, 7) is 1.97. The average Bonchev–Trinajstić information content (AvgIpc) is 3.01. The Kier molecular flexibility index (Phi) is 4.94. The van der Waals surface area contributed by atoms with Crippen LogP contribution in [-0.2, 0) is 0 Å². The lowest BCUT2D eigenvalue weighted by molar-refractivity contribution is 0.0911. The van der Waals surface area contributed by atoms with Gasteiger partial charge in [0.15, 0.2) is 0 Å². The molecule has 2 atom stereocenters. The monoisotopic (exact) mass is 382 g/mol. The molecule has 0 saturated carbocycles. The third-order valence-electron chi connectivity index (χ3n) is 5.34. The van der Waals surface area contributed by atoms with Crippen molar-refractivity contribution in [3.63, 3.8) is 0 Å². The fraction of sp³-hybridized carbons (Fsp3) is 0.318. The molecule has 1 heterocycles. The number of aliphatic hydroxyl groups is 1. The van der Waals surface area contributed by atoms with Crippen LogP contribution in [-0.4, -0.2) is 28.1 Å². The highest BCUT2D eigenvalue weighted by atomic mass is 35.5. The van der Waals surface area contributed by atoms with Crippen LogP contribution >= 0.6 is 11.6 Å². The van der Waals surface area contributed by atoms with Crippen LogP contribution in [0.2, 0.25) is 5.02 Å². The molecule has 1 amide bonds. The van der Waals surface area contributed by atoms with Gasteiger partial charge in [-0.2, -0.15) is 0 Å². The number of carbonyl (C=O) groups is 1. The van der Waals surface area contributed by atoms with E-state index in [-0.39, 0.29) is 11.9 Å². The number of aliphatic hydroxyl groups excluding tert-OH is 1. The quantitative estimate of drug-likeness (QED) is 0.665. The number of allylic oxidation sites excluding steroid dienone is 3. The highest BCUT2D eigenvalue weighted by Gasteiger charge is 2.28. The molecule has 0 bridgehead atoms. The maximum Gasteiger partial charge on any atom is 0.267 e. The molecule has 0 aliphatic heterocycles. The smallest absolute Gasteiger partial charge is 0.267 e. The zero-order chi connectivity index (χ0) is 19.0. The minimum Gasteiger partial charge on any atom is -0.388 e. The van der Waals surface area contributed by atoms with Gasteiger partial charge in [0.05, 0.1) is 6.10 Å². The number of rotatable bonds is 2. The lowest BCUT2D eigenvalue weighted by Crippen LogP contribution is -2.40. The first-order valence-corrected chi connectivity index (χ1v) is 9.70. The Labute approximate surface area is 163 Å². The molecule has 5 heteroatoms. The molecule has 0 spiro atoms. The fourth-order valence-corrected chi connectivity index (χ4v) is 4.31. The predicted octanol–water partition coefficient (Wildman–Crippen LogP) is 4.59. The van der Waals surface area contributed by atoms with Crippen LogP contribution in [0.25, 0.3) is 10.9 Å². The van der Waals surface area contributed by atoms with Crippen LogP contribution in [0, 0.1) is 6.92 Å². The van der Waals surface area contributed by atoms with Gasteiger partial charge in [0.25, 0.3) is 5.91 Å². The van der Waals surface area contributed by atoms with Gasteiger partial charge in [-0.05, 0) is 61.9 Å². The molecule has 0 unspecified atom stereocenters. The average molecular weight is 383 g/mol. The van der Waals surface area contributed by atoms with Gasteiger partial charge in [-0.3, -0.25) is 4.79 Å². The number of nitrogens with one attached hydrogen (secondary N) is 2. The molecule has 0 radical (unpaired) electrons. The molecule has 2 aromatic rings. The van der Waals surface area contributed by atoms with E-state index in [0.717, 1.165) is 41.3 Å². The first kappa shape index (κ1) is 18.1. The van der Waals surface area contributed by atoms with Gasteiger partial charge < -0.3 is 15.4 Å². The molecule has 0 fully saturated rings. The number of carbonyl (C=O) groups excluding carboxylic acids is 1. The minimum absolute atomic E-state index is 0.0800. The summed E-state index contributed by atoms with van der Waals surface area (Å²) in [6, 6.07) is 5.48. The van der Waals surface area contributed by atoms with Crippen molar-refractivity contribution in [2.75, 3.05) is 0 Å². The second kappa shape index (κ2) is 7.37. The molecular formula is C22H23ClN2O2. The van der Waals surface area contributed by atoms with Crippen molar-refractivity contribution in [1.82, 2.24) is 10.3 Å². The summed E-state index contributed by atoms with van der Waals surface area (Å²) in [6.07, 6.45) is 10.9. The van der Waals surface area contributed by atoms with Crippen molar-refractivity contribution in [2.24, 2.45) is 0 Å². The Balaban J connectivity index is 1.53. The van der Waals surface area contributed by atoms with E-state index in [9.17, 15) is 9.90 Å². The van der Waals surface area contributed by atoms with Gasteiger partial charge in [0.1, 0.15) is 5.69 Å². The number of aromatic nitrogens is 1. The Morgan fingerprint density at radius 1 is 1.26 bits per heavy atom. The minimum atomic E-state index is -0.537. The second-order valence-corrected chi connectivity index (χ2v) is 7.80. The molecule has 1 aromatic carbocycles. The first-order chi connectivity index (χ1) is 13.0. The molecule has 4 rings (SSSR count). The lowest BCUT2D eigenvalue weighted by atomic mass is 9.83. The highest BCUT2D eigenvalue weighted by molar-refractivity contribution is 6.31. The number of aryl methyl sites for hydroxylation is 1. The van der Waals surface area contributed by atoms with E-state index in [2.05, 4.69) is 28.5 Å². The summed E-state index contributed by atoms with van der Waals surface area (Å²) in [5.41, 5.74) is 4.66. The lowest BCUT2D eigenvalue weighted by Gasteiger charge is -2.30. The van der Waals surface area contributed by atoms with Crippen LogP contribution in [0.15, 0.2) is 53.6 Å². The predicted molar refractivity (Wildman–Crippen MR) is 109 cm³/mol. The van der Waals surface area contributed by atoms with E-state index < -0.39 is 6.10 Å². The van der Waals surface area contributed by atoms with E-state index in [4.69, 9.17) is 11.6 Å². The number of aromatic amines is 1. The van der Waals surface area contributed by atoms with E-state index in [1.807, 2.05) is 31.2 Å². The summed E-state index contributed by atoms with van der Waals surface area (Å²) in [4.78, 5) is 16.0. The molecule has 2 aliphatic rings. The zero-order valence-electron chi connectivity index (χ0n) is 15.3. The number of fused-ring (bicyclic) bond motifs is 1. The van der Waals surface area contributed by atoms with Gasteiger partial charge in [0, 0.05) is 22.0 Å². The molecule has 140 valence electrons. The van der Waals surface area contributed by atoms with Gasteiger partial charge in [-0.25, -0.2) is 0 Å². The number of hydrogen-bond acceptors (Lipinski definition) is 2. The van der Waals surface area contributed by atoms with Crippen molar-refractivity contribution in [1.29, 1.82) is 0 Å². The van der Waals surface area contributed by atoms with E-state index in [1.54, 1.807) is 0 Å². The van der Waals surface area contributed by atoms with Gasteiger partial charge >= 0.3 is 0 Å². The van der Waals surface area contributed by atoms with Crippen LogP contribution in [0.3, 0.4) is 0 Å². The van der Waals surface area contributed by atoms with E-state index in [0.29, 0.717) is 17.1 Å². The van der Waals surface area contributed by atoms with Gasteiger partial charge in [0.2, 0.25) is 0 Å². The van der Waals surface area contributed by atoms with Crippen LogP contribution < -0.4 is 5.32 Å². The standard InChI is InChI=1S/C22H23ClN2O2/c1-13-8-16(23)9-15-11-19(25-21(13)15)22(27)24-17-10-14-6-4-2-3-5-7-18(14)20(26)12-17/h2,4-5,7-9,11,17,20,25-26H,3,6,10,12H2,1H3,(H,24,27)/b4-2-,7-5?/t17-,20-/m0/s1. The topological polar surface area (TPSA) is 65.1 Å². The van der Waals surface area contributed by atoms with Gasteiger partial charge in [-0.15, -0.1) is 0 Å². The van der Waals surface area contributed by atoms with Crippen LogP contribution in [0.4, 0.5) is 0 Å². The SMILES string of the molecule is Cc1cc(Cl)cc2cc(C(=O)N[C@H]3CC4=C(C=CC/C=C\C4)[C@@H](O)C3)[nH]c12. The number of H-pyrrole nitrogens is 1. The molecule has 27 heavy (non-hydrogen) atoms. The summed E-state index contributed by atoms with van der Waals surface area (Å²) >= 11 is 6.12. The van der Waals surface area contributed by atoms with Crippen molar-refractivity contribution >= 4 is 28.4 Å². The molecule has 1 aromatic heterocycles. The van der Waals surface area contributed by atoms with E-state index >= 15 is 0 Å².